The number of anilines is 2. The smallest absolute Gasteiger partial charge is 0.263 e. The van der Waals surface area contributed by atoms with Crippen LogP contribution < -0.4 is 16.0 Å². The highest BCUT2D eigenvalue weighted by atomic mass is 32.1. The Labute approximate surface area is 100 Å². The van der Waals surface area contributed by atoms with E-state index in [0.29, 0.717) is 17.1 Å². The van der Waals surface area contributed by atoms with Crippen molar-refractivity contribution in [1.29, 1.82) is 0 Å². The van der Waals surface area contributed by atoms with Gasteiger partial charge in [0.05, 0.1) is 10.7 Å². The van der Waals surface area contributed by atoms with Crippen molar-refractivity contribution in [2.75, 3.05) is 30.8 Å². The Bertz CT molecular complexity index is 362. The molecule has 4 nitrogen and oxygen atoms in total. The lowest BCUT2D eigenvalue weighted by Crippen LogP contribution is -2.23. The van der Waals surface area contributed by atoms with Crippen LogP contribution in [-0.2, 0) is 0 Å². The average Bonchev–Trinajstić information content (AvgIpc) is 2.67. The summed E-state index contributed by atoms with van der Waals surface area (Å²) < 4.78 is 0. The Morgan fingerprint density at radius 1 is 1.56 bits per heavy atom. The fourth-order valence-corrected chi connectivity index (χ4v) is 2.25. The van der Waals surface area contributed by atoms with Gasteiger partial charge in [-0.3, -0.25) is 4.79 Å². The molecule has 0 aliphatic carbocycles. The van der Waals surface area contributed by atoms with Crippen LogP contribution in [0.1, 0.15) is 29.9 Å². The molecule has 0 saturated heterocycles. The molecule has 0 radical (unpaired) electrons. The third-order valence-corrected chi connectivity index (χ3v) is 3.60. The van der Waals surface area contributed by atoms with Gasteiger partial charge in [0.2, 0.25) is 0 Å². The average molecular weight is 241 g/mol. The quantitative estimate of drug-likeness (QED) is 0.828. The molecule has 0 spiro atoms. The summed E-state index contributed by atoms with van der Waals surface area (Å²) in [6, 6.07) is 1.86. The van der Waals surface area contributed by atoms with Crippen LogP contribution in [0.2, 0.25) is 0 Å². The third-order valence-electron chi connectivity index (χ3n) is 2.34. The number of hydrogen-bond donors (Lipinski definition) is 2. The zero-order valence-electron chi connectivity index (χ0n) is 10.0. The lowest BCUT2D eigenvalue weighted by atomic mass is 10.3. The summed E-state index contributed by atoms with van der Waals surface area (Å²) >= 11 is 1.44. The Hall–Kier alpha value is -1.23. The number of thiophene rings is 1. The largest absolute Gasteiger partial charge is 0.397 e. The summed E-state index contributed by atoms with van der Waals surface area (Å²) in [4.78, 5) is 14.4. The molecule has 90 valence electrons. The van der Waals surface area contributed by atoms with Crippen LogP contribution in [0.15, 0.2) is 6.07 Å². The van der Waals surface area contributed by atoms with Crippen LogP contribution >= 0.6 is 11.3 Å². The molecule has 0 fully saturated rings. The molecule has 0 saturated carbocycles. The van der Waals surface area contributed by atoms with Crippen molar-refractivity contribution < 1.29 is 4.79 Å². The summed E-state index contributed by atoms with van der Waals surface area (Å²) in [7, 11) is 1.99. The van der Waals surface area contributed by atoms with Gasteiger partial charge in [-0.15, -0.1) is 11.3 Å². The van der Waals surface area contributed by atoms with Gasteiger partial charge in [0, 0.05) is 20.1 Å². The normalized spacial score (nSPS) is 10.2. The molecule has 1 rings (SSSR count). The predicted molar refractivity (Wildman–Crippen MR) is 70.3 cm³/mol. The Morgan fingerprint density at radius 3 is 2.81 bits per heavy atom. The lowest BCUT2D eigenvalue weighted by Gasteiger charge is -2.12. The third kappa shape index (κ3) is 2.88. The number of nitrogen functional groups attached to an aromatic ring is 1. The highest BCUT2D eigenvalue weighted by Gasteiger charge is 2.15. The van der Waals surface area contributed by atoms with E-state index in [-0.39, 0.29) is 5.91 Å². The van der Waals surface area contributed by atoms with Crippen LogP contribution in [-0.4, -0.2) is 26.0 Å². The van der Waals surface area contributed by atoms with Crippen molar-refractivity contribution in [3.63, 3.8) is 0 Å². The topological polar surface area (TPSA) is 58.4 Å². The number of carbonyl (C=O) groups excluding carboxylic acids is 1. The molecule has 1 amide bonds. The van der Waals surface area contributed by atoms with Gasteiger partial charge in [0.1, 0.15) is 4.88 Å². The van der Waals surface area contributed by atoms with E-state index in [1.165, 1.54) is 11.3 Å². The number of nitrogens with one attached hydrogen (secondary N) is 1. The first-order valence-corrected chi connectivity index (χ1v) is 6.30. The number of nitrogens with two attached hydrogens (primary N) is 1. The molecule has 3 N–H and O–H groups in total. The van der Waals surface area contributed by atoms with Crippen molar-refractivity contribution >= 4 is 27.9 Å². The van der Waals surface area contributed by atoms with E-state index in [4.69, 9.17) is 5.73 Å². The molecule has 0 unspecified atom stereocenters. The van der Waals surface area contributed by atoms with Crippen LogP contribution in [0.5, 0.6) is 0 Å². The molecule has 0 aliphatic heterocycles. The minimum atomic E-state index is -0.0693. The second-order valence-corrected chi connectivity index (χ2v) is 4.67. The molecular weight excluding hydrogens is 222 g/mol. The number of amides is 1. The monoisotopic (exact) mass is 241 g/mol. The predicted octanol–water partition coefficient (Wildman–Crippen LogP) is 1.93. The second kappa shape index (κ2) is 5.75. The van der Waals surface area contributed by atoms with E-state index < -0.39 is 0 Å². The Balaban J connectivity index is 2.80. The minimum Gasteiger partial charge on any atom is -0.397 e. The first-order valence-electron chi connectivity index (χ1n) is 5.48. The first kappa shape index (κ1) is 12.8. The van der Waals surface area contributed by atoms with Crippen molar-refractivity contribution in [2.45, 2.75) is 20.3 Å². The minimum absolute atomic E-state index is 0.0693. The lowest BCUT2D eigenvalue weighted by molar-refractivity contribution is 0.0958. The highest BCUT2D eigenvalue weighted by Crippen LogP contribution is 2.31. The summed E-state index contributed by atoms with van der Waals surface area (Å²) in [5.74, 6) is -0.0693. The highest BCUT2D eigenvalue weighted by molar-refractivity contribution is 7.18. The molecular formula is C11H19N3OS. The van der Waals surface area contributed by atoms with Gasteiger partial charge in [-0.1, -0.05) is 6.92 Å². The maximum atomic E-state index is 11.7. The van der Waals surface area contributed by atoms with Gasteiger partial charge in [-0.05, 0) is 19.4 Å². The molecule has 0 bridgehead atoms. The molecule has 0 aliphatic rings. The molecule has 1 heterocycles. The summed E-state index contributed by atoms with van der Waals surface area (Å²) in [5, 5.41) is 3.86. The molecule has 0 aromatic carbocycles. The molecule has 0 atom stereocenters. The molecule has 1 aromatic heterocycles. The zero-order valence-corrected chi connectivity index (χ0v) is 10.9. The number of rotatable bonds is 5. The SMILES string of the molecule is CCCNC(=O)c1sc(N(C)CC)cc1N. The second-order valence-electron chi connectivity index (χ2n) is 3.64. The Morgan fingerprint density at radius 2 is 2.25 bits per heavy atom. The van der Waals surface area contributed by atoms with Crippen molar-refractivity contribution in [2.24, 2.45) is 0 Å². The molecule has 5 heteroatoms. The Kier molecular flexibility index (Phi) is 4.61. The summed E-state index contributed by atoms with van der Waals surface area (Å²) in [6.45, 7) is 5.67. The number of nitrogens with zero attached hydrogens (tertiary/aromatic N) is 1. The summed E-state index contributed by atoms with van der Waals surface area (Å²) in [5.41, 5.74) is 6.39. The maximum Gasteiger partial charge on any atom is 0.263 e. The van der Waals surface area contributed by atoms with Gasteiger partial charge >= 0.3 is 0 Å². The van der Waals surface area contributed by atoms with E-state index >= 15 is 0 Å². The zero-order chi connectivity index (χ0) is 12.1. The van der Waals surface area contributed by atoms with Crippen molar-refractivity contribution in [3.05, 3.63) is 10.9 Å². The standard InChI is InChI=1S/C11H19N3OS/c1-4-6-13-11(15)10-8(12)7-9(16-10)14(3)5-2/h7H,4-6,12H2,1-3H3,(H,13,15). The number of carbonyl (C=O) groups is 1. The van der Waals surface area contributed by atoms with Crippen LogP contribution in [0.25, 0.3) is 0 Å². The van der Waals surface area contributed by atoms with Crippen LogP contribution in [0.3, 0.4) is 0 Å². The summed E-state index contributed by atoms with van der Waals surface area (Å²) in [6.07, 6.45) is 0.929. The fourth-order valence-electron chi connectivity index (χ4n) is 1.23. The van der Waals surface area contributed by atoms with Gasteiger partial charge < -0.3 is 16.0 Å². The number of hydrogen-bond acceptors (Lipinski definition) is 4. The van der Waals surface area contributed by atoms with E-state index in [1.807, 2.05) is 20.0 Å². The van der Waals surface area contributed by atoms with Gasteiger partial charge in [0.25, 0.3) is 5.91 Å². The van der Waals surface area contributed by atoms with E-state index in [0.717, 1.165) is 18.0 Å². The van der Waals surface area contributed by atoms with E-state index in [2.05, 4.69) is 17.1 Å². The fraction of sp³-hybridized carbons (Fsp3) is 0.545. The van der Waals surface area contributed by atoms with Crippen molar-refractivity contribution in [1.82, 2.24) is 5.32 Å². The van der Waals surface area contributed by atoms with E-state index in [9.17, 15) is 4.79 Å². The van der Waals surface area contributed by atoms with Gasteiger partial charge in [0.15, 0.2) is 0 Å². The van der Waals surface area contributed by atoms with Crippen molar-refractivity contribution in [3.8, 4) is 0 Å². The van der Waals surface area contributed by atoms with Gasteiger partial charge in [-0.2, -0.15) is 0 Å². The molecule has 16 heavy (non-hydrogen) atoms. The molecule has 1 aromatic rings. The first-order chi connectivity index (χ1) is 7.60. The van der Waals surface area contributed by atoms with Gasteiger partial charge in [-0.25, -0.2) is 0 Å². The van der Waals surface area contributed by atoms with Crippen LogP contribution in [0.4, 0.5) is 10.7 Å². The van der Waals surface area contributed by atoms with Crippen LogP contribution in [0, 0.1) is 0 Å². The maximum absolute atomic E-state index is 11.7. The van der Waals surface area contributed by atoms with E-state index in [1.54, 1.807) is 0 Å².